The summed E-state index contributed by atoms with van der Waals surface area (Å²) in [5.74, 6) is 0.709. The minimum atomic E-state index is -0.0707. The van der Waals surface area contributed by atoms with E-state index < -0.39 is 0 Å². The average Bonchev–Trinajstić information content (AvgIpc) is 2.16. The molecule has 104 valence electrons. The normalized spacial score (nSPS) is 13.4. The summed E-state index contributed by atoms with van der Waals surface area (Å²) in [6.45, 7) is 16.8. The molecule has 0 aromatic carbocycles. The van der Waals surface area contributed by atoms with E-state index >= 15 is 0 Å². The molecule has 0 bridgehead atoms. The second-order valence-corrected chi connectivity index (χ2v) is 6.50. The van der Waals surface area contributed by atoms with Gasteiger partial charge in [-0.2, -0.15) is 0 Å². The second-order valence-electron chi connectivity index (χ2n) is 6.50. The van der Waals surface area contributed by atoms with Crippen LogP contribution in [-0.4, -0.2) is 24.4 Å². The monoisotopic (exact) mass is 244 g/mol. The summed E-state index contributed by atoms with van der Waals surface area (Å²) in [5.41, 5.74) is -0.0767. The molecule has 0 heterocycles. The Labute approximate surface area is 108 Å². The van der Waals surface area contributed by atoms with Crippen LogP contribution >= 0.6 is 0 Å². The third-order valence-corrected chi connectivity index (χ3v) is 3.24. The summed E-state index contributed by atoms with van der Waals surface area (Å²) >= 11 is 0. The van der Waals surface area contributed by atoms with Gasteiger partial charge in [-0.3, -0.25) is 0 Å². The molecule has 0 aromatic heterocycles. The van der Waals surface area contributed by atoms with Crippen molar-refractivity contribution >= 4 is 0 Å². The van der Waals surface area contributed by atoms with Gasteiger partial charge in [-0.1, -0.05) is 20.8 Å². The number of hydrogen-bond donors (Lipinski definition) is 0. The van der Waals surface area contributed by atoms with E-state index in [1.54, 1.807) is 0 Å². The van der Waals surface area contributed by atoms with Gasteiger partial charge in [0.1, 0.15) is 0 Å². The first-order valence-electron chi connectivity index (χ1n) is 6.96. The first-order chi connectivity index (χ1) is 7.68. The highest BCUT2D eigenvalue weighted by atomic mass is 16.5. The van der Waals surface area contributed by atoms with Crippen molar-refractivity contribution in [1.82, 2.24) is 0 Å². The number of ether oxygens (including phenoxy) is 2. The number of hydrogen-bond acceptors (Lipinski definition) is 2. The van der Waals surface area contributed by atoms with E-state index in [9.17, 15) is 0 Å². The molecule has 0 aliphatic rings. The van der Waals surface area contributed by atoms with Gasteiger partial charge in [-0.05, 0) is 52.9 Å². The fourth-order valence-electron chi connectivity index (χ4n) is 1.32. The molecule has 0 rings (SSSR count). The maximum atomic E-state index is 5.91. The zero-order chi connectivity index (χ0) is 13.5. The summed E-state index contributed by atoms with van der Waals surface area (Å²) in [5, 5.41) is 0. The van der Waals surface area contributed by atoms with Crippen molar-refractivity contribution < 1.29 is 9.47 Å². The Kier molecular flexibility index (Phi) is 7.34. The molecule has 0 unspecified atom stereocenters. The zero-order valence-corrected chi connectivity index (χ0v) is 12.9. The van der Waals surface area contributed by atoms with Gasteiger partial charge in [0.2, 0.25) is 0 Å². The first kappa shape index (κ1) is 16.9. The van der Waals surface area contributed by atoms with E-state index in [0.29, 0.717) is 5.92 Å². The van der Waals surface area contributed by atoms with Crippen molar-refractivity contribution in [2.75, 3.05) is 13.2 Å². The SMILES string of the molecule is CCC(C)(C)OCCC(C)(C)OCCC(C)C. The smallest absolute Gasteiger partial charge is 0.0648 e. The van der Waals surface area contributed by atoms with Crippen LogP contribution in [0.15, 0.2) is 0 Å². The van der Waals surface area contributed by atoms with Gasteiger partial charge in [0, 0.05) is 6.61 Å². The van der Waals surface area contributed by atoms with Crippen LogP contribution in [0, 0.1) is 5.92 Å². The molecule has 0 aromatic rings. The van der Waals surface area contributed by atoms with Crippen LogP contribution in [0.5, 0.6) is 0 Å². The van der Waals surface area contributed by atoms with Gasteiger partial charge >= 0.3 is 0 Å². The molecule has 0 saturated carbocycles. The lowest BCUT2D eigenvalue weighted by atomic mass is 10.0. The molecule has 2 nitrogen and oxygen atoms in total. The molecule has 0 radical (unpaired) electrons. The van der Waals surface area contributed by atoms with Crippen LogP contribution in [-0.2, 0) is 9.47 Å². The molecule has 0 fully saturated rings. The molecule has 0 amide bonds. The Bertz CT molecular complexity index is 195. The van der Waals surface area contributed by atoms with E-state index in [2.05, 4.69) is 48.5 Å². The lowest BCUT2D eigenvalue weighted by Crippen LogP contribution is -2.30. The minimum Gasteiger partial charge on any atom is -0.375 e. The van der Waals surface area contributed by atoms with Crippen LogP contribution in [0.4, 0.5) is 0 Å². The van der Waals surface area contributed by atoms with Gasteiger partial charge in [0.25, 0.3) is 0 Å². The fourth-order valence-corrected chi connectivity index (χ4v) is 1.32. The Balaban J connectivity index is 3.78. The predicted molar refractivity (Wildman–Crippen MR) is 74.4 cm³/mol. The van der Waals surface area contributed by atoms with Gasteiger partial charge in [-0.25, -0.2) is 0 Å². The maximum Gasteiger partial charge on any atom is 0.0648 e. The van der Waals surface area contributed by atoms with Crippen molar-refractivity contribution in [2.45, 2.75) is 78.9 Å². The van der Waals surface area contributed by atoms with Crippen LogP contribution in [0.2, 0.25) is 0 Å². The Morgan fingerprint density at radius 1 is 0.882 bits per heavy atom. The average molecular weight is 244 g/mol. The molecular formula is C15H32O2. The van der Waals surface area contributed by atoms with E-state index in [1.807, 2.05) is 0 Å². The van der Waals surface area contributed by atoms with E-state index in [-0.39, 0.29) is 11.2 Å². The molecular weight excluding hydrogens is 212 g/mol. The Morgan fingerprint density at radius 3 is 1.88 bits per heavy atom. The first-order valence-corrected chi connectivity index (χ1v) is 6.96. The lowest BCUT2D eigenvalue weighted by molar-refractivity contribution is -0.0745. The topological polar surface area (TPSA) is 18.5 Å². The van der Waals surface area contributed by atoms with Gasteiger partial charge < -0.3 is 9.47 Å². The summed E-state index contributed by atoms with van der Waals surface area (Å²) in [4.78, 5) is 0. The van der Waals surface area contributed by atoms with Crippen molar-refractivity contribution in [3.63, 3.8) is 0 Å². The highest BCUT2D eigenvalue weighted by molar-refractivity contribution is 4.71. The van der Waals surface area contributed by atoms with Gasteiger partial charge in [-0.15, -0.1) is 0 Å². The zero-order valence-electron chi connectivity index (χ0n) is 12.9. The van der Waals surface area contributed by atoms with Crippen LogP contribution < -0.4 is 0 Å². The molecule has 2 heteroatoms. The van der Waals surface area contributed by atoms with Crippen molar-refractivity contribution in [2.24, 2.45) is 5.92 Å². The summed E-state index contributed by atoms with van der Waals surface area (Å²) in [7, 11) is 0. The third kappa shape index (κ3) is 9.61. The van der Waals surface area contributed by atoms with Gasteiger partial charge in [0.05, 0.1) is 17.8 Å². The van der Waals surface area contributed by atoms with Gasteiger partial charge in [0.15, 0.2) is 0 Å². The van der Waals surface area contributed by atoms with Crippen molar-refractivity contribution in [3.05, 3.63) is 0 Å². The minimum absolute atomic E-state index is 0.00594. The third-order valence-electron chi connectivity index (χ3n) is 3.24. The van der Waals surface area contributed by atoms with E-state index in [4.69, 9.17) is 9.47 Å². The molecule has 0 saturated heterocycles. The van der Waals surface area contributed by atoms with Crippen molar-refractivity contribution in [1.29, 1.82) is 0 Å². The largest absolute Gasteiger partial charge is 0.375 e. The molecule has 0 aliphatic heterocycles. The van der Waals surface area contributed by atoms with Crippen LogP contribution in [0.1, 0.15) is 67.7 Å². The molecule has 0 N–H and O–H groups in total. The summed E-state index contributed by atoms with van der Waals surface area (Å²) in [6.07, 6.45) is 3.13. The quantitative estimate of drug-likeness (QED) is 0.597. The Hall–Kier alpha value is -0.0800. The van der Waals surface area contributed by atoms with Crippen LogP contribution in [0.25, 0.3) is 0 Å². The Morgan fingerprint density at radius 2 is 1.41 bits per heavy atom. The fraction of sp³-hybridized carbons (Fsp3) is 1.00. The standard InChI is InChI=1S/C15H32O2/c1-8-14(4,5)17-12-10-15(6,7)16-11-9-13(2)3/h13H,8-12H2,1-7H3. The van der Waals surface area contributed by atoms with Crippen molar-refractivity contribution in [3.8, 4) is 0 Å². The molecule has 0 atom stereocenters. The summed E-state index contributed by atoms with van der Waals surface area (Å²) in [6, 6.07) is 0. The number of rotatable bonds is 9. The highest BCUT2D eigenvalue weighted by Gasteiger charge is 2.21. The predicted octanol–water partition coefficient (Wildman–Crippen LogP) is 4.42. The van der Waals surface area contributed by atoms with E-state index in [1.165, 1.54) is 0 Å². The van der Waals surface area contributed by atoms with Crippen LogP contribution in [0.3, 0.4) is 0 Å². The molecule has 17 heavy (non-hydrogen) atoms. The van der Waals surface area contributed by atoms with E-state index in [0.717, 1.165) is 32.5 Å². The molecule has 0 spiro atoms. The highest BCUT2D eigenvalue weighted by Crippen LogP contribution is 2.19. The second kappa shape index (κ2) is 7.38. The summed E-state index contributed by atoms with van der Waals surface area (Å²) < 4.78 is 11.8. The maximum absolute atomic E-state index is 5.91. The molecule has 0 aliphatic carbocycles. The lowest BCUT2D eigenvalue weighted by Gasteiger charge is -2.29.